The van der Waals surface area contributed by atoms with Crippen LogP contribution < -0.4 is 0 Å². The first-order chi connectivity index (χ1) is 20.4. The molecule has 43 heavy (non-hydrogen) atoms. The minimum atomic E-state index is -0.735. The Bertz CT molecular complexity index is 1420. The number of hydrogen-bond acceptors (Lipinski definition) is 4. The fourth-order valence-electron chi connectivity index (χ4n) is 8.34. The third-order valence-corrected chi connectivity index (χ3v) is 11.0. The summed E-state index contributed by atoms with van der Waals surface area (Å²) in [5.41, 5.74) is 5.53. The summed E-state index contributed by atoms with van der Waals surface area (Å²) in [5.74, 6) is 0.112. The molecule has 0 heterocycles. The number of ether oxygens (including phenoxy) is 2. The molecule has 0 aromatic heterocycles. The number of rotatable bonds is 5. The smallest absolute Gasteiger partial charge is 0.334 e. The number of carbonyl (C=O) groups is 2. The van der Waals surface area contributed by atoms with Crippen LogP contribution in [0.3, 0.4) is 0 Å². The van der Waals surface area contributed by atoms with Gasteiger partial charge in [-0.1, -0.05) is 75.4 Å². The average molecular weight is 583 g/mol. The van der Waals surface area contributed by atoms with Gasteiger partial charge >= 0.3 is 11.9 Å². The van der Waals surface area contributed by atoms with Gasteiger partial charge in [0.1, 0.15) is 11.2 Å². The molecule has 5 unspecified atom stereocenters. The first kappa shape index (κ1) is 31.3. The van der Waals surface area contributed by atoms with Crippen LogP contribution in [0.5, 0.6) is 0 Å². The lowest BCUT2D eigenvalue weighted by molar-refractivity contribution is -0.174. The van der Waals surface area contributed by atoms with E-state index in [2.05, 4.69) is 76.4 Å². The van der Waals surface area contributed by atoms with Gasteiger partial charge in [-0.15, -0.1) is 0 Å². The lowest BCUT2D eigenvalue weighted by atomic mass is 9.62. The summed E-state index contributed by atoms with van der Waals surface area (Å²) in [6.45, 7) is 17.8. The van der Waals surface area contributed by atoms with E-state index in [1.54, 1.807) is 13.8 Å². The zero-order valence-corrected chi connectivity index (χ0v) is 27.0. The Labute approximate surface area is 258 Å². The number of hydrogen-bond donors (Lipinski definition) is 0. The van der Waals surface area contributed by atoms with E-state index in [0.717, 1.165) is 81.8 Å². The monoisotopic (exact) mass is 582 g/mol. The summed E-state index contributed by atoms with van der Waals surface area (Å²) < 4.78 is 12.7. The van der Waals surface area contributed by atoms with Crippen LogP contribution in [0, 0.1) is 5.41 Å². The average Bonchev–Trinajstić information content (AvgIpc) is 3.42. The minimum Gasteiger partial charge on any atom is -0.451 e. The molecule has 4 heteroatoms. The first-order valence-electron chi connectivity index (χ1n) is 16.4. The van der Waals surface area contributed by atoms with Crippen molar-refractivity contribution in [1.82, 2.24) is 0 Å². The molecule has 1 saturated carbocycles. The van der Waals surface area contributed by atoms with Gasteiger partial charge in [0.15, 0.2) is 0 Å². The summed E-state index contributed by atoms with van der Waals surface area (Å²) >= 11 is 0. The highest BCUT2D eigenvalue weighted by Crippen LogP contribution is 2.61. The molecule has 5 atom stereocenters. The van der Waals surface area contributed by atoms with Crippen LogP contribution in [-0.2, 0) is 36.7 Å². The zero-order chi connectivity index (χ0) is 31.0. The molecule has 2 aromatic carbocycles. The molecular formula is C39H50O4. The van der Waals surface area contributed by atoms with Crippen molar-refractivity contribution >= 4 is 11.9 Å². The molecule has 0 bridgehead atoms. The molecule has 1 fully saturated rings. The van der Waals surface area contributed by atoms with Crippen LogP contribution in [0.25, 0.3) is 0 Å². The molecule has 4 nitrogen and oxygen atoms in total. The normalized spacial score (nSPS) is 30.5. The lowest BCUT2D eigenvalue weighted by Gasteiger charge is -2.48. The number of aryl methyl sites for hydroxylation is 1. The van der Waals surface area contributed by atoms with Gasteiger partial charge in [0, 0.05) is 16.6 Å². The van der Waals surface area contributed by atoms with Crippen molar-refractivity contribution in [3.05, 3.63) is 94.6 Å². The third-order valence-electron chi connectivity index (χ3n) is 11.0. The Kier molecular flexibility index (Phi) is 8.80. The summed E-state index contributed by atoms with van der Waals surface area (Å²) in [6, 6.07) is 15.5. The van der Waals surface area contributed by atoms with Crippen molar-refractivity contribution in [3.8, 4) is 0 Å². The van der Waals surface area contributed by atoms with E-state index in [-0.39, 0.29) is 17.4 Å². The van der Waals surface area contributed by atoms with Gasteiger partial charge in [0.25, 0.3) is 0 Å². The van der Waals surface area contributed by atoms with Gasteiger partial charge < -0.3 is 9.47 Å². The second-order valence-corrected chi connectivity index (χ2v) is 14.2. The van der Waals surface area contributed by atoms with Gasteiger partial charge in [0.2, 0.25) is 0 Å². The van der Waals surface area contributed by atoms with Crippen molar-refractivity contribution in [2.75, 3.05) is 0 Å². The predicted molar refractivity (Wildman–Crippen MR) is 173 cm³/mol. The van der Waals surface area contributed by atoms with Gasteiger partial charge in [-0.05, 0) is 125 Å². The Morgan fingerprint density at radius 3 is 2.26 bits per heavy atom. The highest BCUT2D eigenvalue weighted by Gasteiger charge is 2.56. The lowest BCUT2D eigenvalue weighted by Crippen LogP contribution is -2.47. The summed E-state index contributed by atoms with van der Waals surface area (Å²) in [5, 5.41) is 0. The molecule has 2 aromatic rings. The van der Waals surface area contributed by atoms with E-state index in [9.17, 15) is 9.59 Å². The fraction of sp³-hybridized carbons (Fsp3) is 0.538. The maximum atomic E-state index is 13.2. The summed E-state index contributed by atoms with van der Waals surface area (Å²) in [4.78, 5) is 25.9. The Morgan fingerprint density at radius 2 is 1.51 bits per heavy atom. The van der Waals surface area contributed by atoms with Crippen LogP contribution in [-0.4, -0.2) is 11.9 Å². The highest BCUT2D eigenvalue weighted by molar-refractivity contribution is 5.88. The number of fused-ring (bicyclic) bond motifs is 2. The van der Waals surface area contributed by atoms with Gasteiger partial charge in [-0.25, -0.2) is 9.59 Å². The van der Waals surface area contributed by atoms with E-state index < -0.39 is 11.2 Å². The number of benzene rings is 2. The van der Waals surface area contributed by atoms with E-state index >= 15 is 0 Å². The maximum Gasteiger partial charge on any atom is 0.334 e. The molecule has 3 aliphatic carbocycles. The second kappa shape index (κ2) is 12.1. The summed E-state index contributed by atoms with van der Waals surface area (Å²) in [7, 11) is 0. The van der Waals surface area contributed by atoms with E-state index in [1.165, 1.54) is 16.7 Å². The molecule has 0 N–H and O–H groups in total. The van der Waals surface area contributed by atoms with Crippen LogP contribution in [0.1, 0.15) is 138 Å². The van der Waals surface area contributed by atoms with Crippen LogP contribution in [0.15, 0.2) is 66.8 Å². The Balaban J connectivity index is 1.54. The largest absolute Gasteiger partial charge is 0.451 e. The Hall–Kier alpha value is -3.14. The molecule has 0 aliphatic heterocycles. The number of esters is 2. The molecule has 0 amide bonds. The Morgan fingerprint density at radius 1 is 0.814 bits per heavy atom. The molecule has 5 rings (SSSR count). The number of carbonyl (C=O) groups excluding carboxylic acids is 2. The molecule has 0 saturated heterocycles. The molecule has 1 spiro atoms. The molecule has 3 aliphatic rings. The molecular weight excluding hydrogens is 532 g/mol. The SMILES string of the molecule is C=C(C)C(=O)OC1(C)CCCCC(C)c2cc(C3CCC4(CCCCc5ccccc5C4(C)OC(=O)C(=C)C)C3)ccc21. The van der Waals surface area contributed by atoms with E-state index in [1.807, 2.05) is 0 Å². The van der Waals surface area contributed by atoms with Gasteiger partial charge in [0.05, 0.1) is 0 Å². The van der Waals surface area contributed by atoms with Crippen molar-refractivity contribution < 1.29 is 19.1 Å². The van der Waals surface area contributed by atoms with Crippen molar-refractivity contribution in [1.29, 1.82) is 0 Å². The fourth-order valence-corrected chi connectivity index (χ4v) is 8.34. The zero-order valence-electron chi connectivity index (χ0n) is 27.0. The van der Waals surface area contributed by atoms with Crippen LogP contribution in [0.2, 0.25) is 0 Å². The minimum absolute atomic E-state index is 0.166. The summed E-state index contributed by atoms with van der Waals surface area (Å²) in [6.07, 6.45) is 11.4. The van der Waals surface area contributed by atoms with Crippen LogP contribution >= 0.6 is 0 Å². The van der Waals surface area contributed by atoms with Crippen LogP contribution in [0.4, 0.5) is 0 Å². The molecule has 230 valence electrons. The van der Waals surface area contributed by atoms with E-state index in [0.29, 0.717) is 23.0 Å². The maximum absolute atomic E-state index is 13.2. The topological polar surface area (TPSA) is 52.6 Å². The first-order valence-corrected chi connectivity index (χ1v) is 16.4. The van der Waals surface area contributed by atoms with Crippen molar-refractivity contribution in [2.45, 2.75) is 128 Å². The predicted octanol–water partition coefficient (Wildman–Crippen LogP) is 9.71. The van der Waals surface area contributed by atoms with Crippen molar-refractivity contribution in [3.63, 3.8) is 0 Å². The standard InChI is InChI=1S/C39H50O4/c1-26(2)35(40)42-37(6)21-12-10-14-28(5)32-24-30(18-19-34(32)37)31-20-23-39(25-31)22-13-11-16-29-15-8-9-17-33(29)38(39,7)43-36(41)27(3)4/h8-9,15,17-19,24,28,31H,1,3,10-14,16,20-23,25H2,2,4-7H3. The van der Waals surface area contributed by atoms with E-state index in [4.69, 9.17) is 9.47 Å². The third kappa shape index (κ3) is 5.87. The highest BCUT2D eigenvalue weighted by atomic mass is 16.6. The van der Waals surface area contributed by atoms with Gasteiger partial charge in [-0.2, -0.15) is 0 Å². The van der Waals surface area contributed by atoms with Gasteiger partial charge in [-0.3, -0.25) is 0 Å². The second-order valence-electron chi connectivity index (χ2n) is 14.2. The molecule has 0 radical (unpaired) electrons. The quantitative estimate of drug-likeness (QED) is 0.260. The van der Waals surface area contributed by atoms with Crippen molar-refractivity contribution in [2.24, 2.45) is 5.41 Å².